The number of nitrogens with one attached hydrogen (secondary N) is 1. The minimum atomic E-state index is 0.163. The predicted molar refractivity (Wildman–Crippen MR) is 90.6 cm³/mol. The average Bonchev–Trinajstić information content (AvgIpc) is 2.89. The molecule has 1 heterocycles. The van der Waals surface area contributed by atoms with Crippen molar-refractivity contribution in [2.24, 2.45) is 0 Å². The van der Waals surface area contributed by atoms with Crippen LogP contribution in [0, 0.1) is 6.92 Å². The van der Waals surface area contributed by atoms with Gasteiger partial charge in [0, 0.05) is 9.86 Å². The Balaban J connectivity index is 1.93. The molecule has 0 spiro atoms. The van der Waals surface area contributed by atoms with E-state index in [4.69, 9.17) is 4.42 Å². The van der Waals surface area contributed by atoms with Crippen LogP contribution in [-0.2, 0) is 6.42 Å². The predicted octanol–water partition coefficient (Wildman–Crippen LogP) is 5.01. The Morgan fingerprint density at radius 2 is 1.95 bits per heavy atom. The standard InChI is InChI=1S/C18H18BrNO/c1-12-7-8-17-14(9-12)11-18(21-17)16(20-2)10-13-5-3-4-6-15(13)19/h3-9,11,16,20H,10H2,1-2H3. The largest absolute Gasteiger partial charge is 0.459 e. The number of hydrogen-bond donors (Lipinski definition) is 1. The molecule has 3 aromatic rings. The molecule has 1 unspecified atom stereocenters. The van der Waals surface area contributed by atoms with Gasteiger partial charge < -0.3 is 9.73 Å². The molecule has 0 fully saturated rings. The van der Waals surface area contributed by atoms with Gasteiger partial charge in [0.25, 0.3) is 0 Å². The first-order valence-electron chi connectivity index (χ1n) is 7.08. The lowest BCUT2D eigenvalue weighted by molar-refractivity contribution is 0.450. The van der Waals surface area contributed by atoms with Crippen molar-refractivity contribution >= 4 is 26.9 Å². The van der Waals surface area contributed by atoms with Crippen LogP contribution in [0.3, 0.4) is 0 Å². The van der Waals surface area contributed by atoms with E-state index in [0.717, 1.165) is 27.6 Å². The van der Waals surface area contributed by atoms with E-state index in [0.29, 0.717) is 0 Å². The molecule has 0 aliphatic rings. The van der Waals surface area contributed by atoms with Crippen LogP contribution in [0.25, 0.3) is 11.0 Å². The summed E-state index contributed by atoms with van der Waals surface area (Å²) in [5.74, 6) is 0.980. The van der Waals surface area contributed by atoms with Gasteiger partial charge in [-0.15, -0.1) is 0 Å². The number of fused-ring (bicyclic) bond motifs is 1. The lowest BCUT2D eigenvalue weighted by atomic mass is 10.0. The van der Waals surface area contributed by atoms with E-state index in [1.165, 1.54) is 11.1 Å². The average molecular weight is 344 g/mol. The van der Waals surface area contributed by atoms with Crippen LogP contribution >= 0.6 is 15.9 Å². The molecule has 0 saturated heterocycles. The maximum atomic E-state index is 6.01. The van der Waals surface area contributed by atoms with Gasteiger partial charge in [0.1, 0.15) is 11.3 Å². The van der Waals surface area contributed by atoms with Crippen molar-refractivity contribution in [2.75, 3.05) is 7.05 Å². The second-order valence-corrected chi connectivity index (χ2v) is 6.18. The van der Waals surface area contributed by atoms with Crippen molar-refractivity contribution in [1.82, 2.24) is 5.32 Å². The highest BCUT2D eigenvalue weighted by Gasteiger charge is 2.16. The Bertz CT molecular complexity index is 763. The molecule has 2 nitrogen and oxygen atoms in total. The van der Waals surface area contributed by atoms with Crippen LogP contribution in [0.2, 0.25) is 0 Å². The highest BCUT2D eigenvalue weighted by molar-refractivity contribution is 9.10. The molecule has 0 amide bonds. The first-order valence-corrected chi connectivity index (χ1v) is 7.87. The van der Waals surface area contributed by atoms with Gasteiger partial charge in [-0.2, -0.15) is 0 Å². The second kappa shape index (κ2) is 6.04. The van der Waals surface area contributed by atoms with Crippen LogP contribution in [0.5, 0.6) is 0 Å². The van der Waals surface area contributed by atoms with Gasteiger partial charge in [-0.1, -0.05) is 45.8 Å². The molecule has 1 N–H and O–H groups in total. The molecule has 21 heavy (non-hydrogen) atoms. The molecule has 0 radical (unpaired) electrons. The molecule has 1 aromatic heterocycles. The zero-order valence-electron chi connectivity index (χ0n) is 12.2. The van der Waals surface area contributed by atoms with Crippen molar-refractivity contribution in [3.8, 4) is 0 Å². The summed E-state index contributed by atoms with van der Waals surface area (Å²) in [5, 5.41) is 4.52. The van der Waals surface area contributed by atoms with E-state index in [2.05, 4.69) is 64.6 Å². The van der Waals surface area contributed by atoms with Gasteiger partial charge in [-0.05, 0) is 50.2 Å². The number of likely N-dealkylation sites (N-methyl/N-ethyl adjacent to an activating group) is 1. The van der Waals surface area contributed by atoms with E-state index in [1.54, 1.807) is 0 Å². The SMILES string of the molecule is CNC(Cc1ccccc1Br)c1cc2cc(C)ccc2o1. The van der Waals surface area contributed by atoms with Gasteiger partial charge in [-0.3, -0.25) is 0 Å². The summed E-state index contributed by atoms with van der Waals surface area (Å²) in [4.78, 5) is 0. The topological polar surface area (TPSA) is 25.2 Å². The Hall–Kier alpha value is -1.58. The summed E-state index contributed by atoms with van der Waals surface area (Å²) in [6.45, 7) is 2.10. The molecule has 3 rings (SSSR count). The highest BCUT2D eigenvalue weighted by atomic mass is 79.9. The van der Waals surface area contributed by atoms with Crippen LogP contribution in [0.15, 0.2) is 57.4 Å². The molecule has 1 atom stereocenters. The first kappa shape index (κ1) is 14.4. The molecule has 2 aromatic carbocycles. The van der Waals surface area contributed by atoms with Crippen molar-refractivity contribution in [2.45, 2.75) is 19.4 Å². The maximum Gasteiger partial charge on any atom is 0.134 e. The summed E-state index contributed by atoms with van der Waals surface area (Å²) < 4.78 is 7.15. The summed E-state index contributed by atoms with van der Waals surface area (Å²) >= 11 is 3.61. The minimum Gasteiger partial charge on any atom is -0.459 e. The Morgan fingerprint density at radius 1 is 1.14 bits per heavy atom. The first-order chi connectivity index (χ1) is 10.2. The lowest BCUT2D eigenvalue weighted by Crippen LogP contribution is -2.18. The molecule has 0 aliphatic carbocycles. The van der Waals surface area contributed by atoms with E-state index in [9.17, 15) is 0 Å². The quantitative estimate of drug-likeness (QED) is 0.720. The Kier molecular flexibility index (Phi) is 4.13. The van der Waals surface area contributed by atoms with Crippen LogP contribution in [0.1, 0.15) is 22.9 Å². The van der Waals surface area contributed by atoms with Gasteiger partial charge in [-0.25, -0.2) is 0 Å². The summed E-state index contributed by atoms with van der Waals surface area (Å²) in [6.07, 6.45) is 0.886. The van der Waals surface area contributed by atoms with Crippen molar-refractivity contribution in [3.05, 3.63) is 69.9 Å². The summed E-state index contributed by atoms with van der Waals surface area (Å²) in [7, 11) is 1.97. The van der Waals surface area contributed by atoms with Gasteiger partial charge in [0.05, 0.1) is 6.04 Å². The van der Waals surface area contributed by atoms with E-state index in [1.807, 2.05) is 19.2 Å². The highest BCUT2D eigenvalue weighted by Crippen LogP contribution is 2.28. The van der Waals surface area contributed by atoms with E-state index < -0.39 is 0 Å². The maximum absolute atomic E-state index is 6.01. The lowest BCUT2D eigenvalue weighted by Gasteiger charge is -2.14. The molecule has 108 valence electrons. The van der Waals surface area contributed by atoms with Crippen LogP contribution in [-0.4, -0.2) is 7.05 Å². The van der Waals surface area contributed by atoms with Crippen molar-refractivity contribution in [3.63, 3.8) is 0 Å². The normalized spacial score (nSPS) is 12.7. The van der Waals surface area contributed by atoms with Crippen LogP contribution in [0.4, 0.5) is 0 Å². The van der Waals surface area contributed by atoms with E-state index >= 15 is 0 Å². The van der Waals surface area contributed by atoms with Gasteiger partial charge in [0.15, 0.2) is 0 Å². The van der Waals surface area contributed by atoms with Gasteiger partial charge in [0.2, 0.25) is 0 Å². The molecule has 0 saturated carbocycles. The number of rotatable bonds is 4. The van der Waals surface area contributed by atoms with Crippen molar-refractivity contribution in [1.29, 1.82) is 0 Å². The third-order valence-corrected chi connectivity index (χ3v) is 4.54. The Morgan fingerprint density at radius 3 is 2.71 bits per heavy atom. The number of hydrogen-bond acceptors (Lipinski definition) is 2. The molecule has 3 heteroatoms. The monoisotopic (exact) mass is 343 g/mol. The molecular weight excluding hydrogens is 326 g/mol. The number of aryl methyl sites for hydroxylation is 1. The van der Waals surface area contributed by atoms with Crippen LogP contribution < -0.4 is 5.32 Å². The second-order valence-electron chi connectivity index (χ2n) is 5.33. The zero-order valence-corrected chi connectivity index (χ0v) is 13.8. The fourth-order valence-electron chi connectivity index (χ4n) is 2.58. The molecular formula is C18H18BrNO. The number of furan rings is 1. The third kappa shape index (κ3) is 3.04. The minimum absolute atomic E-state index is 0.163. The fraction of sp³-hybridized carbons (Fsp3) is 0.222. The fourth-order valence-corrected chi connectivity index (χ4v) is 3.03. The third-order valence-electron chi connectivity index (χ3n) is 3.76. The zero-order chi connectivity index (χ0) is 14.8. The van der Waals surface area contributed by atoms with Crippen molar-refractivity contribution < 1.29 is 4.42 Å². The summed E-state index contributed by atoms with van der Waals surface area (Å²) in [5.41, 5.74) is 3.47. The molecule has 0 bridgehead atoms. The smallest absolute Gasteiger partial charge is 0.134 e. The number of halogens is 1. The van der Waals surface area contributed by atoms with Gasteiger partial charge >= 0.3 is 0 Å². The molecule has 0 aliphatic heterocycles. The Labute approximate surface area is 133 Å². The summed E-state index contributed by atoms with van der Waals surface area (Å²) in [6, 6.07) is 16.9. The number of benzene rings is 2. The van der Waals surface area contributed by atoms with E-state index in [-0.39, 0.29) is 6.04 Å².